The highest BCUT2D eigenvalue weighted by molar-refractivity contribution is 7.15. The third-order valence-corrected chi connectivity index (χ3v) is 3.37. The first-order valence-corrected chi connectivity index (χ1v) is 6.15. The predicted octanol–water partition coefficient (Wildman–Crippen LogP) is 0.823. The molecule has 0 saturated carbocycles. The van der Waals surface area contributed by atoms with Gasteiger partial charge in [-0.25, -0.2) is 0 Å². The number of aliphatic hydroxyl groups is 1. The number of ether oxygens (including phenoxy) is 1. The Balaban J connectivity index is 2.15. The van der Waals surface area contributed by atoms with Crippen LogP contribution in [-0.2, 0) is 4.74 Å². The van der Waals surface area contributed by atoms with Gasteiger partial charge in [-0.1, -0.05) is 11.3 Å². The summed E-state index contributed by atoms with van der Waals surface area (Å²) in [5, 5.41) is 19.2. The standard InChI is InChI=1S/C10H17N3O2S/c1-7-11-12-9(16-7)13-4-8(5-14)15-10(2,3)6-13/h8,14H,4-6H2,1-3H3. The van der Waals surface area contributed by atoms with E-state index in [1.54, 1.807) is 11.3 Å². The Morgan fingerprint density at radius 3 is 2.88 bits per heavy atom. The fourth-order valence-corrected chi connectivity index (χ4v) is 2.65. The van der Waals surface area contributed by atoms with Crippen LogP contribution in [0.2, 0.25) is 0 Å². The monoisotopic (exact) mass is 243 g/mol. The van der Waals surface area contributed by atoms with E-state index < -0.39 is 0 Å². The molecule has 1 unspecified atom stereocenters. The van der Waals surface area contributed by atoms with Crippen molar-refractivity contribution in [1.82, 2.24) is 10.2 Å². The molecule has 1 aliphatic rings. The van der Waals surface area contributed by atoms with Gasteiger partial charge in [0.25, 0.3) is 0 Å². The lowest BCUT2D eigenvalue weighted by molar-refractivity contribution is -0.101. The van der Waals surface area contributed by atoms with E-state index in [4.69, 9.17) is 4.74 Å². The molecule has 0 radical (unpaired) electrons. The van der Waals surface area contributed by atoms with E-state index in [2.05, 4.69) is 15.1 Å². The number of anilines is 1. The van der Waals surface area contributed by atoms with Crippen LogP contribution in [0.3, 0.4) is 0 Å². The molecule has 0 aromatic carbocycles. The summed E-state index contributed by atoms with van der Waals surface area (Å²) in [5.74, 6) is 0. The van der Waals surface area contributed by atoms with E-state index >= 15 is 0 Å². The fourth-order valence-electron chi connectivity index (χ4n) is 1.95. The Hall–Kier alpha value is -0.720. The third-order valence-electron chi connectivity index (χ3n) is 2.47. The number of aromatic nitrogens is 2. The van der Waals surface area contributed by atoms with Gasteiger partial charge in [0.2, 0.25) is 5.13 Å². The molecule has 0 amide bonds. The van der Waals surface area contributed by atoms with Crippen molar-refractivity contribution in [2.45, 2.75) is 32.5 Å². The molecule has 1 aliphatic heterocycles. The van der Waals surface area contributed by atoms with Gasteiger partial charge in [-0.05, 0) is 20.8 Å². The summed E-state index contributed by atoms with van der Waals surface area (Å²) >= 11 is 1.57. The fraction of sp³-hybridized carbons (Fsp3) is 0.800. The molecule has 1 N–H and O–H groups in total. The molecule has 90 valence electrons. The van der Waals surface area contributed by atoms with Crippen LogP contribution < -0.4 is 4.90 Å². The number of morpholine rings is 1. The average Bonchev–Trinajstić information content (AvgIpc) is 2.62. The first-order valence-electron chi connectivity index (χ1n) is 5.34. The van der Waals surface area contributed by atoms with Gasteiger partial charge in [-0.3, -0.25) is 0 Å². The van der Waals surface area contributed by atoms with Crippen LogP contribution in [0.5, 0.6) is 0 Å². The van der Waals surface area contributed by atoms with E-state index in [1.165, 1.54) is 0 Å². The van der Waals surface area contributed by atoms with Crippen LogP contribution >= 0.6 is 11.3 Å². The molecule has 1 fully saturated rings. The molecule has 0 bridgehead atoms. The summed E-state index contributed by atoms with van der Waals surface area (Å²) in [7, 11) is 0. The largest absolute Gasteiger partial charge is 0.394 e. The number of hydrogen-bond donors (Lipinski definition) is 1. The van der Waals surface area contributed by atoms with Crippen molar-refractivity contribution in [3.8, 4) is 0 Å². The molecule has 16 heavy (non-hydrogen) atoms. The molecule has 0 aliphatic carbocycles. The van der Waals surface area contributed by atoms with E-state index in [-0.39, 0.29) is 18.3 Å². The highest BCUT2D eigenvalue weighted by Gasteiger charge is 2.34. The Kier molecular flexibility index (Phi) is 3.14. The quantitative estimate of drug-likeness (QED) is 0.833. The minimum Gasteiger partial charge on any atom is -0.394 e. The van der Waals surface area contributed by atoms with Crippen LogP contribution in [0.25, 0.3) is 0 Å². The minimum absolute atomic E-state index is 0.0394. The van der Waals surface area contributed by atoms with Crippen LogP contribution in [0.1, 0.15) is 18.9 Å². The second-order valence-corrected chi connectivity index (χ2v) is 5.83. The van der Waals surface area contributed by atoms with Gasteiger partial charge < -0.3 is 14.7 Å². The Morgan fingerprint density at radius 2 is 2.31 bits per heavy atom. The summed E-state index contributed by atoms with van der Waals surface area (Å²) in [6.45, 7) is 7.48. The van der Waals surface area contributed by atoms with Crippen LogP contribution in [0, 0.1) is 6.92 Å². The summed E-state index contributed by atoms with van der Waals surface area (Å²) in [6, 6.07) is 0. The molecule has 2 heterocycles. The van der Waals surface area contributed by atoms with E-state index in [0.717, 1.165) is 16.7 Å². The molecule has 5 nitrogen and oxygen atoms in total. The topological polar surface area (TPSA) is 58.5 Å². The van der Waals surface area contributed by atoms with Gasteiger partial charge in [-0.2, -0.15) is 0 Å². The zero-order chi connectivity index (χ0) is 11.8. The molecular weight excluding hydrogens is 226 g/mol. The number of rotatable bonds is 2. The first-order chi connectivity index (χ1) is 7.50. The third kappa shape index (κ3) is 2.50. The highest BCUT2D eigenvalue weighted by atomic mass is 32.1. The van der Waals surface area contributed by atoms with E-state index in [9.17, 15) is 5.11 Å². The predicted molar refractivity (Wildman–Crippen MR) is 62.9 cm³/mol. The molecule has 1 aromatic heterocycles. The van der Waals surface area contributed by atoms with E-state index in [1.807, 2.05) is 20.8 Å². The molecule has 6 heteroatoms. The average molecular weight is 243 g/mol. The van der Waals surface area contributed by atoms with Crippen molar-refractivity contribution in [2.24, 2.45) is 0 Å². The summed E-state index contributed by atoms with van der Waals surface area (Å²) in [6.07, 6.45) is -0.145. The number of nitrogens with zero attached hydrogens (tertiary/aromatic N) is 3. The van der Waals surface area contributed by atoms with Crippen LogP contribution in [0.15, 0.2) is 0 Å². The highest BCUT2D eigenvalue weighted by Crippen LogP contribution is 2.27. The van der Waals surface area contributed by atoms with Gasteiger partial charge in [0.15, 0.2) is 0 Å². The smallest absolute Gasteiger partial charge is 0.208 e. The molecule has 0 spiro atoms. The second-order valence-electron chi connectivity index (χ2n) is 4.67. The Labute approximate surface area is 99.1 Å². The molecule has 1 saturated heterocycles. The van der Waals surface area contributed by atoms with E-state index in [0.29, 0.717) is 6.54 Å². The van der Waals surface area contributed by atoms with Crippen molar-refractivity contribution >= 4 is 16.5 Å². The van der Waals surface area contributed by atoms with Crippen molar-refractivity contribution in [3.05, 3.63) is 5.01 Å². The second kappa shape index (κ2) is 4.27. The SMILES string of the molecule is Cc1nnc(N2CC(CO)OC(C)(C)C2)s1. The number of aliphatic hydroxyl groups excluding tert-OH is 1. The summed E-state index contributed by atoms with van der Waals surface area (Å²) in [5.41, 5.74) is -0.259. The lowest BCUT2D eigenvalue weighted by Gasteiger charge is -2.42. The van der Waals surface area contributed by atoms with Crippen LogP contribution in [0.4, 0.5) is 5.13 Å². The van der Waals surface area contributed by atoms with Crippen LogP contribution in [-0.4, -0.2) is 46.7 Å². The van der Waals surface area contributed by atoms with Crippen molar-refractivity contribution in [3.63, 3.8) is 0 Å². The van der Waals surface area contributed by atoms with Crippen molar-refractivity contribution < 1.29 is 9.84 Å². The number of hydrogen-bond acceptors (Lipinski definition) is 6. The van der Waals surface area contributed by atoms with Gasteiger partial charge in [0, 0.05) is 13.1 Å². The zero-order valence-electron chi connectivity index (χ0n) is 9.80. The lowest BCUT2D eigenvalue weighted by atomic mass is 10.1. The first kappa shape index (κ1) is 11.8. The molecule has 1 atom stereocenters. The number of aryl methyl sites for hydroxylation is 1. The van der Waals surface area contributed by atoms with Gasteiger partial charge >= 0.3 is 0 Å². The maximum atomic E-state index is 9.21. The maximum Gasteiger partial charge on any atom is 0.208 e. The van der Waals surface area contributed by atoms with Gasteiger partial charge in [0.05, 0.1) is 18.3 Å². The normalized spacial score (nSPS) is 24.8. The Morgan fingerprint density at radius 1 is 1.56 bits per heavy atom. The van der Waals surface area contributed by atoms with Crippen molar-refractivity contribution in [1.29, 1.82) is 0 Å². The molecular formula is C10H17N3O2S. The van der Waals surface area contributed by atoms with Gasteiger partial charge in [-0.15, -0.1) is 10.2 Å². The minimum atomic E-state index is -0.259. The maximum absolute atomic E-state index is 9.21. The lowest BCUT2D eigenvalue weighted by Crippen LogP contribution is -2.54. The van der Waals surface area contributed by atoms with Gasteiger partial charge in [0.1, 0.15) is 5.01 Å². The van der Waals surface area contributed by atoms with Crippen molar-refractivity contribution in [2.75, 3.05) is 24.6 Å². The zero-order valence-corrected chi connectivity index (χ0v) is 10.6. The molecule has 1 aromatic rings. The Bertz CT molecular complexity index is 367. The summed E-state index contributed by atoms with van der Waals surface area (Å²) in [4.78, 5) is 2.13. The molecule has 2 rings (SSSR count). The summed E-state index contributed by atoms with van der Waals surface area (Å²) < 4.78 is 5.75.